The van der Waals surface area contributed by atoms with Crippen molar-refractivity contribution in [3.63, 3.8) is 0 Å². The summed E-state index contributed by atoms with van der Waals surface area (Å²) in [7, 11) is 0. The number of unbranched alkanes of at least 4 members (excludes halogenated alkanes) is 1. The van der Waals surface area contributed by atoms with Crippen LogP contribution in [-0.2, 0) is 6.42 Å². The largest absolute Gasteiger partial charge is 0.306 e. The lowest BCUT2D eigenvalue weighted by molar-refractivity contribution is 0.467. The van der Waals surface area contributed by atoms with Crippen molar-refractivity contribution in [1.29, 1.82) is 0 Å². The van der Waals surface area contributed by atoms with Gasteiger partial charge in [0.1, 0.15) is 0 Å². The van der Waals surface area contributed by atoms with Gasteiger partial charge in [0.2, 0.25) is 0 Å². The minimum atomic E-state index is 0.466. The quantitative estimate of drug-likeness (QED) is 0.761. The Kier molecular flexibility index (Phi) is 6.44. The van der Waals surface area contributed by atoms with Crippen LogP contribution in [0.5, 0.6) is 0 Å². The van der Waals surface area contributed by atoms with E-state index >= 15 is 0 Å². The second-order valence-corrected chi connectivity index (χ2v) is 7.12. The summed E-state index contributed by atoms with van der Waals surface area (Å²) in [5.41, 5.74) is 2.91. The fourth-order valence-corrected chi connectivity index (χ4v) is 4.12. The Morgan fingerprint density at radius 3 is 2.65 bits per heavy atom. The van der Waals surface area contributed by atoms with Gasteiger partial charge in [-0.05, 0) is 50.0 Å². The predicted molar refractivity (Wildman–Crippen MR) is 91.5 cm³/mol. The van der Waals surface area contributed by atoms with Crippen LogP contribution in [0.3, 0.4) is 0 Å². The molecule has 3 unspecified atom stereocenters. The molecule has 0 aromatic heterocycles. The average molecular weight is 292 g/mol. The maximum Gasteiger partial charge on any atom is 0.0294 e. The van der Waals surface area contributed by atoms with E-state index in [1.807, 2.05) is 11.8 Å². The fourth-order valence-electron chi connectivity index (χ4n) is 3.17. The molecule has 1 aromatic carbocycles. The standard InChI is InChI=1S/C18H29NS/c1-4-5-7-15-10-12-16(13-11-15)14(2)19-17-8-6-9-18(17)20-3/h10-14,17-19H,4-9H2,1-3H3. The molecule has 3 atom stereocenters. The van der Waals surface area contributed by atoms with E-state index in [-0.39, 0.29) is 0 Å². The molecule has 0 amide bonds. The Labute approximate surface area is 128 Å². The van der Waals surface area contributed by atoms with Crippen LogP contribution in [0, 0.1) is 0 Å². The van der Waals surface area contributed by atoms with Gasteiger partial charge in [-0.15, -0.1) is 0 Å². The summed E-state index contributed by atoms with van der Waals surface area (Å²) >= 11 is 2.03. The third kappa shape index (κ3) is 4.26. The summed E-state index contributed by atoms with van der Waals surface area (Å²) in [6.45, 7) is 4.56. The van der Waals surface area contributed by atoms with Gasteiger partial charge < -0.3 is 5.32 Å². The molecular formula is C18H29NS. The normalized spacial score (nSPS) is 23.9. The van der Waals surface area contributed by atoms with Crippen molar-refractivity contribution in [2.45, 2.75) is 69.7 Å². The first kappa shape index (κ1) is 15.9. The predicted octanol–water partition coefficient (Wildman–Crippen LogP) is 4.96. The zero-order chi connectivity index (χ0) is 14.4. The Hall–Kier alpha value is -0.470. The first-order chi connectivity index (χ1) is 9.74. The number of thioether (sulfide) groups is 1. The highest BCUT2D eigenvalue weighted by Gasteiger charge is 2.27. The zero-order valence-corrected chi connectivity index (χ0v) is 14.0. The minimum absolute atomic E-state index is 0.466. The molecule has 0 bridgehead atoms. The summed E-state index contributed by atoms with van der Waals surface area (Å²) < 4.78 is 0. The lowest BCUT2D eigenvalue weighted by Gasteiger charge is -2.24. The third-order valence-electron chi connectivity index (χ3n) is 4.52. The van der Waals surface area contributed by atoms with Crippen molar-refractivity contribution >= 4 is 11.8 Å². The molecule has 1 aromatic rings. The summed E-state index contributed by atoms with van der Waals surface area (Å²) in [6.07, 6.45) is 10.1. The second kappa shape index (κ2) is 8.09. The molecular weight excluding hydrogens is 262 g/mol. The van der Waals surface area contributed by atoms with Crippen molar-refractivity contribution in [3.05, 3.63) is 35.4 Å². The van der Waals surface area contributed by atoms with Gasteiger partial charge in [0, 0.05) is 17.3 Å². The molecule has 0 aliphatic heterocycles. The topological polar surface area (TPSA) is 12.0 Å². The van der Waals surface area contributed by atoms with Gasteiger partial charge in [-0.2, -0.15) is 11.8 Å². The van der Waals surface area contributed by atoms with Crippen LogP contribution in [-0.4, -0.2) is 17.5 Å². The van der Waals surface area contributed by atoms with Gasteiger partial charge >= 0.3 is 0 Å². The average Bonchev–Trinajstić information content (AvgIpc) is 2.92. The first-order valence-electron chi connectivity index (χ1n) is 8.12. The minimum Gasteiger partial charge on any atom is -0.306 e. The van der Waals surface area contributed by atoms with E-state index in [4.69, 9.17) is 0 Å². The maximum atomic E-state index is 3.84. The zero-order valence-electron chi connectivity index (χ0n) is 13.2. The maximum absolute atomic E-state index is 3.84. The van der Waals surface area contributed by atoms with Gasteiger partial charge in [-0.25, -0.2) is 0 Å². The molecule has 0 saturated heterocycles. The number of hydrogen-bond acceptors (Lipinski definition) is 2. The van der Waals surface area contributed by atoms with Gasteiger partial charge in [-0.1, -0.05) is 44.0 Å². The molecule has 1 aliphatic rings. The molecule has 1 saturated carbocycles. The lowest BCUT2D eigenvalue weighted by Crippen LogP contribution is -2.35. The molecule has 2 heteroatoms. The van der Waals surface area contributed by atoms with Gasteiger partial charge in [0.15, 0.2) is 0 Å². The molecule has 112 valence electrons. The van der Waals surface area contributed by atoms with Crippen LogP contribution in [0.4, 0.5) is 0 Å². The van der Waals surface area contributed by atoms with Crippen LogP contribution in [0.2, 0.25) is 0 Å². The molecule has 20 heavy (non-hydrogen) atoms. The van der Waals surface area contributed by atoms with Crippen LogP contribution < -0.4 is 5.32 Å². The SMILES string of the molecule is CCCCc1ccc(C(C)NC2CCCC2SC)cc1. The molecule has 0 radical (unpaired) electrons. The van der Waals surface area contributed by atoms with E-state index in [9.17, 15) is 0 Å². The number of benzene rings is 1. The Morgan fingerprint density at radius 2 is 2.00 bits per heavy atom. The summed E-state index contributed by atoms with van der Waals surface area (Å²) in [5, 5.41) is 4.64. The van der Waals surface area contributed by atoms with Gasteiger partial charge in [0.05, 0.1) is 0 Å². The monoisotopic (exact) mass is 291 g/mol. The first-order valence-corrected chi connectivity index (χ1v) is 9.41. The molecule has 0 spiro atoms. The number of aryl methyl sites for hydroxylation is 1. The lowest BCUT2D eigenvalue weighted by atomic mass is 10.0. The third-order valence-corrected chi connectivity index (χ3v) is 5.69. The van der Waals surface area contributed by atoms with E-state index in [1.165, 1.54) is 49.7 Å². The fraction of sp³-hybridized carbons (Fsp3) is 0.667. The van der Waals surface area contributed by atoms with Gasteiger partial charge in [0.25, 0.3) is 0 Å². The smallest absolute Gasteiger partial charge is 0.0294 e. The van der Waals surface area contributed by atoms with E-state index < -0.39 is 0 Å². The Morgan fingerprint density at radius 1 is 1.25 bits per heavy atom. The Bertz CT molecular complexity index is 387. The summed E-state index contributed by atoms with van der Waals surface area (Å²) in [4.78, 5) is 0. The van der Waals surface area contributed by atoms with Crippen molar-refractivity contribution in [2.24, 2.45) is 0 Å². The van der Waals surface area contributed by atoms with Crippen LogP contribution in [0.25, 0.3) is 0 Å². The summed E-state index contributed by atoms with van der Waals surface area (Å²) in [5.74, 6) is 0. The van der Waals surface area contributed by atoms with Crippen molar-refractivity contribution in [3.8, 4) is 0 Å². The van der Waals surface area contributed by atoms with E-state index in [0.717, 1.165) is 5.25 Å². The highest BCUT2D eigenvalue weighted by molar-refractivity contribution is 7.99. The van der Waals surface area contributed by atoms with Crippen molar-refractivity contribution in [1.82, 2.24) is 5.32 Å². The highest BCUT2D eigenvalue weighted by Crippen LogP contribution is 2.30. The van der Waals surface area contributed by atoms with E-state index in [0.29, 0.717) is 12.1 Å². The van der Waals surface area contributed by atoms with Crippen LogP contribution >= 0.6 is 11.8 Å². The van der Waals surface area contributed by atoms with Crippen LogP contribution in [0.15, 0.2) is 24.3 Å². The highest BCUT2D eigenvalue weighted by atomic mass is 32.2. The van der Waals surface area contributed by atoms with E-state index in [2.05, 4.69) is 49.7 Å². The van der Waals surface area contributed by atoms with E-state index in [1.54, 1.807) is 0 Å². The molecule has 1 aliphatic carbocycles. The van der Waals surface area contributed by atoms with Gasteiger partial charge in [-0.3, -0.25) is 0 Å². The number of rotatable bonds is 7. The second-order valence-electron chi connectivity index (χ2n) is 6.05. The number of hydrogen-bond donors (Lipinski definition) is 1. The van der Waals surface area contributed by atoms with Crippen LogP contribution in [0.1, 0.15) is 63.1 Å². The molecule has 0 heterocycles. The summed E-state index contributed by atoms with van der Waals surface area (Å²) in [6, 6.07) is 10.4. The molecule has 1 fully saturated rings. The number of nitrogens with one attached hydrogen (secondary N) is 1. The Balaban J connectivity index is 1.90. The molecule has 1 nitrogen and oxygen atoms in total. The van der Waals surface area contributed by atoms with Crippen molar-refractivity contribution in [2.75, 3.05) is 6.26 Å². The molecule has 2 rings (SSSR count). The van der Waals surface area contributed by atoms with Crippen molar-refractivity contribution < 1.29 is 0 Å². The molecule has 1 N–H and O–H groups in total.